The SMILES string of the molecule is CCCC1CCC(O)C(N2CCCC(C(C)(C)C)CC2)C1. The van der Waals surface area contributed by atoms with E-state index in [0.29, 0.717) is 11.5 Å². The second-order valence-corrected chi connectivity index (χ2v) is 8.63. The van der Waals surface area contributed by atoms with E-state index in [0.717, 1.165) is 18.3 Å². The second-order valence-electron chi connectivity index (χ2n) is 8.63. The van der Waals surface area contributed by atoms with Crippen LogP contribution < -0.4 is 0 Å². The molecule has 2 rings (SSSR count). The fourth-order valence-corrected chi connectivity index (χ4v) is 4.59. The van der Waals surface area contributed by atoms with Crippen molar-refractivity contribution in [3.63, 3.8) is 0 Å². The molecule has 0 spiro atoms. The fourth-order valence-electron chi connectivity index (χ4n) is 4.59. The molecule has 21 heavy (non-hydrogen) atoms. The average Bonchev–Trinajstić information content (AvgIpc) is 2.66. The van der Waals surface area contributed by atoms with Gasteiger partial charge in [-0.25, -0.2) is 0 Å². The first kappa shape index (κ1) is 17.3. The minimum atomic E-state index is -0.0794. The third kappa shape index (κ3) is 4.69. The summed E-state index contributed by atoms with van der Waals surface area (Å²) in [6, 6.07) is 0.439. The van der Waals surface area contributed by atoms with Gasteiger partial charge >= 0.3 is 0 Å². The highest BCUT2D eigenvalue weighted by molar-refractivity contribution is 4.89. The Hall–Kier alpha value is -0.0800. The number of rotatable bonds is 3. The number of likely N-dealkylation sites (tertiary alicyclic amines) is 1. The predicted octanol–water partition coefficient (Wildman–Crippen LogP) is 4.46. The van der Waals surface area contributed by atoms with Crippen molar-refractivity contribution < 1.29 is 5.11 Å². The Labute approximate surface area is 132 Å². The molecule has 1 saturated carbocycles. The van der Waals surface area contributed by atoms with Crippen LogP contribution in [0.25, 0.3) is 0 Å². The van der Waals surface area contributed by atoms with Crippen LogP contribution in [0.2, 0.25) is 0 Å². The van der Waals surface area contributed by atoms with Gasteiger partial charge in [0.15, 0.2) is 0 Å². The standard InChI is InChI=1S/C19H37NO/c1-5-7-15-9-10-18(21)17(14-15)20-12-6-8-16(11-13-20)19(2,3)4/h15-18,21H,5-14H2,1-4H3. The lowest BCUT2D eigenvalue weighted by Gasteiger charge is -2.40. The van der Waals surface area contributed by atoms with E-state index in [1.54, 1.807) is 0 Å². The number of aliphatic hydroxyl groups excluding tert-OH is 1. The van der Waals surface area contributed by atoms with Crippen LogP contribution in [0.3, 0.4) is 0 Å². The van der Waals surface area contributed by atoms with Gasteiger partial charge in [0.2, 0.25) is 0 Å². The van der Waals surface area contributed by atoms with Gasteiger partial charge in [0.1, 0.15) is 0 Å². The summed E-state index contributed by atoms with van der Waals surface area (Å²) in [6.45, 7) is 11.9. The van der Waals surface area contributed by atoms with Gasteiger partial charge in [0, 0.05) is 6.04 Å². The van der Waals surface area contributed by atoms with Crippen molar-refractivity contribution in [1.82, 2.24) is 4.90 Å². The summed E-state index contributed by atoms with van der Waals surface area (Å²) < 4.78 is 0. The summed E-state index contributed by atoms with van der Waals surface area (Å²) in [5.74, 6) is 1.69. The van der Waals surface area contributed by atoms with Crippen molar-refractivity contribution in [1.29, 1.82) is 0 Å². The molecule has 2 heteroatoms. The summed E-state index contributed by atoms with van der Waals surface area (Å²) in [5, 5.41) is 10.5. The molecule has 4 atom stereocenters. The Morgan fingerprint density at radius 3 is 2.48 bits per heavy atom. The third-order valence-corrected chi connectivity index (χ3v) is 6.04. The van der Waals surface area contributed by atoms with E-state index in [2.05, 4.69) is 32.6 Å². The fraction of sp³-hybridized carbons (Fsp3) is 1.00. The van der Waals surface area contributed by atoms with Gasteiger partial charge in [-0.15, -0.1) is 0 Å². The zero-order chi connectivity index (χ0) is 15.5. The first-order chi connectivity index (χ1) is 9.91. The number of aliphatic hydroxyl groups is 1. The highest BCUT2D eigenvalue weighted by Gasteiger charge is 2.35. The molecular formula is C19H37NO. The average molecular weight is 296 g/mol. The molecule has 0 aromatic rings. The maximum Gasteiger partial charge on any atom is 0.0695 e. The summed E-state index contributed by atoms with van der Waals surface area (Å²) >= 11 is 0. The van der Waals surface area contributed by atoms with Gasteiger partial charge in [-0.1, -0.05) is 40.5 Å². The van der Waals surface area contributed by atoms with Crippen molar-refractivity contribution in [3.8, 4) is 0 Å². The Morgan fingerprint density at radius 1 is 1.05 bits per heavy atom. The summed E-state index contributed by atoms with van der Waals surface area (Å²) in [5.41, 5.74) is 0.436. The van der Waals surface area contributed by atoms with Crippen LogP contribution in [0.5, 0.6) is 0 Å². The Bertz CT molecular complexity index is 309. The molecule has 2 aliphatic rings. The van der Waals surface area contributed by atoms with Crippen molar-refractivity contribution in [2.24, 2.45) is 17.3 Å². The lowest BCUT2D eigenvalue weighted by Crippen LogP contribution is -2.47. The van der Waals surface area contributed by atoms with Crippen LogP contribution >= 0.6 is 0 Å². The maximum atomic E-state index is 10.5. The minimum Gasteiger partial charge on any atom is -0.391 e. The van der Waals surface area contributed by atoms with Crippen molar-refractivity contribution in [2.45, 2.75) is 91.2 Å². The van der Waals surface area contributed by atoms with Gasteiger partial charge < -0.3 is 5.11 Å². The van der Waals surface area contributed by atoms with Gasteiger partial charge in [0.25, 0.3) is 0 Å². The van der Waals surface area contributed by atoms with E-state index < -0.39 is 0 Å². The van der Waals surface area contributed by atoms with Crippen molar-refractivity contribution >= 4 is 0 Å². The molecule has 1 saturated heterocycles. The molecule has 0 bridgehead atoms. The molecule has 1 aliphatic heterocycles. The van der Waals surface area contributed by atoms with E-state index in [4.69, 9.17) is 0 Å². The topological polar surface area (TPSA) is 23.5 Å². The van der Waals surface area contributed by atoms with E-state index >= 15 is 0 Å². The lowest BCUT2D eigenvalue weighted by atomic mass is 9.76. The molecule has 1 aliphatic carbocycles. The number of nitrogens with zero attached hydrogens (tertiary/aromatic N) is 1. The molecule has 1 N–H and O–H groups in total. The Kier molecular flexibility index (Phi) is 6.14. The molecule has 1 heterocycles. The summed E-state index contributed by atoms with van der Waals surface area (Å²) in [4.78, 5) is 2.64. The molecule has 0 amide bonds. The van der Waals surface area contributed by atoms with Gasteiger partial charge in [-0.3, -0.25) is 4.90 Å². The highest BCUT2D eigenvalue weighted by atomic mass is 16.3. The summed E-state index contributed by atoms with van der Waals surface area (Å²) in [6.07, 6.45) is 10.0. The summed E-state index contributed by atoms with van der Waals surface area (Å²) in [7, 11) is 0. The minimum absolute atomic E-state index is 0.0794. The highest BCUT2D eigenvalue weighted by Crippen LogP contribution is 2.37. The van der Waals surface area contributed by atoms with Crippen LogP contribution in [-0.4, -0.2) is 35.2 Å². The van der Waals surface area contributed by atoms with Crippen LogP contribution in [0.4, 0.5) is 0 Å². The molecule has 0 aromatic carbocycles. The van der Waals surface area contributed by atoms with E-state index in [1.807, 2.05) is 0 Å². The van der Waals surface area contributed by atoms with Crippen LogP contribution in [-0.2, 0) is 0 Å². The molecule has 0 aromatic heterocycles. The van der Waals surface area contributed by atoms with Gasteiger partial charge in [-0.05, 0) is 68.9 Å². The van der Waals surface area contributed by atoms with Crippen LogP contribution in [0.1, 0.15) is 79.1 Å². The van der Waals surface area contributed by atoms with Crippen LogP contribution in [0, 0.1) is 17.3 Å². The quantitative estimate of drug-likeness (QED) is 0.830. The monoisotopic (exact) mass is 295 g/mol. The second kappa shape index (κ2) is 7.46. The van der Waals surface area contributed by atoms with E-state index in [1.165, 1.54) is 58.0 Å². The van der Waals surface area contributed by atoms with Gasteiger partial charge in [0.05, 0.1) is 6.10 Å². The maximum absolute atomic E-state index is 10.5. The smallest absolute Gasteiger partial charge is 0.0695 e. The largest absolute Gasteiger partial charge is 0.391 e. The predicted molar refractivity (Wildman–Crippen MR) is 90.4 cm³/mol. The molecule has 124 valence electrons. The van der Waals surface area contributed by atoms with Crippen molar-refractivity contribution in [2.75, 3.05) is 13.1 Å². The third-order valence-electron chi connectivity index (χ3n) is 6.04. The van der Waals surface area contributed by atoms with E-state index in [9.17, 15) is 5.11 Å². The van der Waals surface area contributed by atoms with Gasteiger partial charge in [-0.2, -0.15) is 0 Å². The lowest BCUT2D eigenvalue weighted by molar-refractivity contribution is 0.00193. The first-order valence-corrected chi connectivity index (χ1v) is 9.34. The van der Waals surface area contributed by atoms with Crippen molar-refractivity contribution in [3.05, 3.63) is 0 Å². The molecule has 2 nitrogen and oxygen atoms in total. The zero-order valence-electron chi connectivity index (χ0n) is 14.8. The van der Waals surface area contributed by atoms with E-state index in [-0.39, 0.29) is 6.10 Å². The Balaban J connectivity index is 1.94. The zero-order valence-corrected chi connectivity index (χ0v) is 14.8. The van der Waals surface area contributed by atoms with Crippen LogP contribution in [0.15, 0.2) is 0 Å². The molecule has 4 unspecified atom stereocenters. The molecular weight excluding hydrogens is 258 g/mol. The Morgan fingerprint density at radius 2 is 1.81 bits per heavy atom. The first-order valence-electron chi connectivity index (χ1n) is 9.34. The number of hydrogen-bond donors (Lipinski definition) is 1. The number of hydrogen-bond acceptors (Lipinski definition) is 2. The molecule has 2 fully saturated rings. The normalized spacial score (nSPS) is 36.4. The molecule has 0 radical (unpaired) electrons.